The second kappa shape index (κ2) is 4.49. The Balaban J connectivity index is 2.47. The second-order valence-corrected chi connectivity index (χ2v) is 6.09. The van der Waals surface area contributed by atoms with E-state index in [1.807, 2.05) is 6.92 Å². The maximum absolute atomic E-state index is 12.1. The van der Waals surface area contributed by atoms with Crippen LogP contribution in [0.4, 0.5) is 5.69 Å². The molecule has 5 heteroatoms. The van der Waals surface area contributed by atoms with Crippen molar-refractivity contribution in [1.29, 1.82) is 0 Å². The first-order valence-electron chi connectivity index (χ1n) is 5.69. The first-order valence-corrected chi connectivity index (χ1v) is 7.30. The van der Waals surface area contributed by atoms with Crippen LogP contribution in [-0.4, -0.2) is 26.5 Å². The van der Waals surface area contributed by atoms with Gasteiger partial charge >= 0.3 is 0 Å². The van der Waals surface area contributed by atoms with Gasteiger partial charge in [-0.2, -0.15) is 0 Å². The minimum Gasteiger partial charge on any atom is -0.294 e. The lowest BCUT2D eigenvalue weighted by atomic mass is 10.0. The molecule has 0 atom stereocenters. The van der Waals surface area contributed by atoms with Gasteiger partial charge in [-0.1, -0.05) is 19.1 Å². The van der Waals surface area contributed by atoms with Gasteiger partial charge in [0, 0.05) is 18.5 Å². The van der Waals surface area contributed by atoms with Crippen molar-refractivity contribution in [3.8, 4) is 0 Å². The molecule has 0 N–H and O–H groups in total. The number of ketones is 1. The standard InChI is InChI=1S/C12H15NO3S/c1-2-9-17(15,16)13-8-7-12(14)10-5-3-4-6-11(10)13/h3-6H,2,7-9H2,1H3. The lowest BCUT2D eigenvalue weighted by molar-refractivity contribution is 0.0982. The van der Waals surface area contributed by atoms with Crippen molar-refractivity contribution in [3.05, 3.63) is 29.8 Å². The first-order chi connectivity index (χ1) is 8.06. The number of hydrogen-bond donors (Lipinski definition) is 0. The summed E-state index contributed by atoms with van der Waals surface area (Å²) in [6, 6.07) is 6.89. The molecule has 0 spiro atoms. The molecular formula is C12H15NO3S. The molecule has 0 amide bonds. The molecular weight excluding hydrogens is 238 g/mol. The van der Waals surface area contributed by atoms with Gasteiger partial charge in [0.15, 0.2) is 5.78 Å². The van der Waals surface area contributed by atoms with E-state index in [4.69, 9.17) is 0 Å². The smallest absolute Gasteiger partial charge is 0.235 e. The molecule has 4 nitrogen and oxygen atoms in total. The predicted octanol–water partition coefficient (Wildman–Crippen LogP) is 1.82. The number of fused-ring (bicyclic) bond motifs is 1. The Morgan fingerprint density at radius 1 is 1.29 bits per heavy atom. The summed E-state index contributed by atoms with van der Waals surface area (Å²) in [5.41, 5.74) is 1.04. The van der Waals surface area contributed by atoms with Crippen LogP contribution in [0.5, 0.6) is 0 Å². The third-order valence-electron chi connectivity index (χ3n) is 2.81. The van der Waals surface area contributed by atoms with Gasteiger partial charge in [-0.15, -0.1) is 0 Å². The topological polar surface area (TPSA) is 54.5 Å². The van der Waals surface area contributed by atoms with E-state index >= 15 is 0 Å². The zero-order valence-electron chi connectivity index (χ0n) is 9.72. The van der Waals surface area contributed by atoms with Crippen LogP contribution >= 0.6 is 0 Å². The van der Waals surface area contributed by atoms with Gasteiger partial charge in [0.2, 0.25) is 10.0 Å². The van der Waals surface area contributed by atoms with E-state index in [1.54, 1.807) is 24.3 Å². The van der Waals surface area contributed by atoms with Crippen molar-refractivity contribution in [2.45, 2.75) is 19.8 Å². The maximum Gasteiger partial charge on any atom is 0.235 e. The number of Topliss-reactive ketones (excluding diaryl/α,β-unsaturated/α-hetero) is 1. The number of anilines is 1. The van der Waals surface area contributed by atoms with Crippen LogP contribution in [0.3, 0.4) is 0 Å². The van der Waals surface area contributed by atoms with Crippen LogP contribution in [0.1, 0.15) is 30.1 Å². The van der Waals surface area contributed by atoms with E-state index in [2.05, 4.69) is 0 Å². The normalized spacial score (nSPS) is 15.8. The Kier molecular flexibility index (Phi) is 3.19. The fourth-order valence-electron chi connectivity index (χ4n) is 2.04. The van der Waals surface area contributed by atoms with E-state index in [0.717, 1.165) is 0 Å². The predicted molar refractivity (Wildman–Crippen MR) is 66.8 cm³/mol. The highest BCUT2D eigenvalue weighted by atomic mass is 32.2. The summed E-state index contributed by atoms with van der Waals surface area (Å²) in [7, 11) is -3.29. The van der Waals surface area contributed by atoms with Crippen LogP contribution in [0.25, 0.3) is 0 Å². The molecule has 0 fully saturated rings. The monoisotopic (exact) mass is 253 g/mol. The third-order valence-corrected chi connectivity index (χ3v) is 4.79. The Hall–Kier alpha value is -1.36. The Morgan fingerprint density at radius 2 is 2.00 bits per heavy atom. The fourth-order valence-corrected chi connectivity index (χ4v) is 3.61. The number of para-hydroxylation sites is 1. The largest absolute Gasteiger partial charge is 0.294 e. The Labute approximate surface area is 101 Å². The highest BCUT2D eigenvalue weighted by molar-refractivity contribution is 7.92. The van der Waals surface area contributed by atoms with Gasteiger partial charge in [0.25, 0.3) is 0 Å². The van der Waals surface area contributed by atoms with Crippen molar-refractivity contribution < 1.29 is 13.2 Å². The number of hydrogen-bond acceptors (Lipinski definition) is 3. The van der Waals surface area contributed by atoms with Crippen LogP contribution < -0.4 is 4.31 Å². The molecule has 17 heavy (non-hydrogen) atoms. The highest BCUT2D eigenvalue weighted by Gasteiger charge is 2.29. The molecule has 0 aliphatic carbocycles. The minimum atomic E-state index is -3.29. The molecule has 0 radical (unpaired) electrons. The fraction of sp³-hybridized carbons (Fsp3) is 0.417. The summed E-state index contributed by atoms with van der Waals surface area (Å²) in [6.45, 7) is 2.09. The number of nitrogens with zero attached hydrogens (tertiary/aromatic N) is 1. The summed E-state index contributed by atoms with van der Waals surface area (Å²) < 4.78 is 25.5. The number of carbonyl (C=O) groups is 1. The van der Waals surface area contributed by atoms with E-state index in [9.17, 15) is 13.2 Å². The number of carbonyl (C=O) groups excluding carboxylic acids is 1. The van der Waals surface area contributed by atoms with Gasteiger partial charge in [-0.25, -0.2) is 8.42 Å². The Morgan fingerprint density at radius 3 is 2.71 bits per heavy atom. The van der Waals surface area contributed by atoms with Crippen LogP contribution in [0.15, 0.2) is 24.3 Å². The van der Waals surface area contributed by atoms with E-state index in [1.165, 1.54) is 4.31 Å². The van der Waals surface area contributed by atoms with Gasteiger partial charge in [0.1, 0.15) is 0 Å². The second-order valence-electron chi connectivity index (χ2n) is 4.08. The summed E-state index contributed by atoms with van der Waals surface area (Å²) in [6.07, 6.45) is 0.842. The average molecular weight is 253 g/mol. The minimum absolute atomic E-state index is 0.0172. The molecule has 0 aromatic heterocycles. The maximum atomic E-state index is 12.1. The summed E-state index contributed by atoms with van der Waals surface area (Å²) >= 11 is 0. The van der Waals surface area contributed by atoms with Crippen LogP contribution in [-0.2, 0) is 10.0 Å². The van der Waals surface area contributed by atoms with Crippen molar-refractivity contribution in [3.63, 3.8) is 0 Å². The number of sulfonamides is 1. The van der Waals surface area contributed by atoms with E-state index in [0.29, 0.717) is 17.7 Å². The third kappa shape index (κ3) is 2.20. The van der Waals surface area contributed by atoms with Gasteiger partial charge < -0.3 is 0 Å². The SMILES string of the molecule is CCCS(=O)(=O)N1CCC(=O)c2ccccc21. The first kappa shape index (κ1) is 12.1. The highest BCUT2D eigenvalue weighted by Crippen LogP contribution is 2.29. The summed E-state index contributed by atoms with van der Waals surface area (Å²) in [5.74, 6) is 0.138. The lowest BCUT2D eigenvalue weighted by Gasteiger charge is -2.29. The molecule has 0 saturated carbocycles. The molecule has 2 rings (SSSR count). The molecule has 1 aliphatic heterocycles. The lowest BCUT2D eigenvalue weighted by Crippen LogP contribution is -2.38. The zero-order chi connectivity index (χ0) is 12.5. The molecule has 92 valence electrons. The van der Waals surface area contributed by atoms with Crippen molar-refractivity contribution >= 4 is 21.5 Å². The van der Waals surface area contributed by atoms with E-state index in [-0.39, 0.29) is 24.5 Å². The summed E-state index contributed by atoms with van der Waals surface area (Å²) in [5, 5.41) is 0. The van der Waals surface area contributed by atoms with Crippen LogP contribution in [0.2, 0.25) is 0 Å². The van der Waals surface area contributed by atoms with E-state index < -0.39 is 10.0 Å². The van der Waals surface area contributed by atoms with Gasteiger partial charge in [-0.05, 0) is 18.6 Å². The van der Waals surface area contributed by atoms with Gasteiger partial charge in [0.05, 0.1) is 11.4 Å². The quantitative estimate of drug-likeness (QED) is 0.825. The zero-order valence-corrected chi connectivity index (χ0v) is 10.5. The Bertz CT molecular complexity index is 536. The summed E-state index contributed by atoms with van der Waals surface area (Å²) in [4.78, 5) is 11.7. The molecule has 1 aromatic rings. The van der Waals surface area contributed by atoms with Crippen LogP contribution in [0, 0.1) is 0 Å². The van der Waals surface area contributed by atoms with Gasteiger partial charge in [-0.3, -0.25) is 9.10 Å². The van der Waals surface area contributed by atoms with Crippen molar-refractivity contribution in [1.82, 2.24) is 0 Å². The molecule has 1 heterocycles. The molecule has 1 aliphatic rings. The number of benzene rings is 1. The molecule has 0 unspecified atom stereocenters. The molecule has 1 aromatic carbocycles. The number of rotatable bonds is 3. The van der Waals surface area contributed by atoms with Crippen molar-refractivity contribution in [2.75, 3.05) is 16.6 Å². The average Bonchev–Trinajstić information content (AvgIpc) is 2.29. The van der Waals surface area contributed by atoms with Crippen molar-refractivity contribution in [2.24, 2.45) is 0 Å². The molecule has 0 saturated heterocycles. The molecule has 0 bridgehead atoms.